The van der Waals surface area contributed by atoms with Crippen LogP contribution in [0.5, 0.6) is 0 Å². The van der Waals surface area contributed by atoms with Crippen molar-refractivity contribution < 1.29 is 0 Å². The first kappa shape index (κ1) is 13.3. The van der Waals surface area contributed by atoms with Crippen molar-refractivity contribution in [2.24, 2.45) is 0 Å². The van der Waals surface area contributed by atoms with Gasteiger partial charge in [-0.15, -0.1) is 0 Å². The van der Waals surface area contributed by atoms with Crippen LogP contribution in [-0.2, 0) is 0 Å². The number of aromatic nitrogens is 4. The molecule has 0 aliphatic rings. The molecule has 0 aromatic carbocycles. The first-order valence-corrected chi connectivity index (χ1v) is 6.87. The highest BCUT2D eigenvalue weighted by atomic mass is 15.1. The van der Waals surface area contributed by atoms with Crippen molar-refractivity contribution in [3.8, 4) is 5.82 Å². The average Bonchev–Trinajstić information content (AvgIpc) is 2.95. The number of nitrogens with zero attached hydrogens (tertiary/aromatic N) is 4. The van der Waals surface area contributed by atoms with Gasteiger partial charge in [0.15, 0.2) is 5.82 Å². The molecule has 0 bridgehead atoms. The van der Waals surface area contributed by atoms with Gasteiger partial charge in [0.25, 0.3) is 0 Å². The molecular weight excluding hydrogens is 262 g/mol. The lowest BCUT2D eigenvalue weighted by Gasteiger charge is -2.18. The van der Waals surface area contributed by atoms with E-state index in [1.165, 1.54) is 0 Å². The molecule has 1 unspecified atom stereocenters. The summed E-state index contributed by atoms with van der Waals surface area (Å²) < 4.78 is 1.97. The molecule has 3 rings (SSSR count). The third kappa shape index (κ3) is 2.76. The molecule has 3 aromatic heterocycles. The number of imidazole rings is 1. The number of hydrogen-bond acceptors (Lipinski definition) is 4. The van der Waals surface area contributed by atoms with Crippen LogP contribution in [0.3, 0.4) is 0 Å². The van der Waals surface area contributed by atoms with E-state index < -0.39 is 0 Å². The van der Waals surface area contributed by atoms with E-state index in [1.54, 1.807) is 18.6 Å². The van der Waals surface area contributed by atoms with E-state index in [4.69, 9.17) is 0 Å². The fourth-order valence-electron chi connectivity index (χ4n) is 2.25. The molecule has 3 heterocycles. The minimum Gasteiger partial charge on any atom is -0.375 e. The van der Waals surface area contributed by atoms with Crippen LogP contribution >= 0.6 is 0 Å². The normalized spacial score (nSPS) is 12.1. The molecule has 0 amide bonds. The van der Waals surface area contributed by atoms with E-state index in [2.05, 4.69) is 33.3 Å². The van der Waals surface area contributed by atoms with Gasteiger partial charge in [-0.05, 0) is 37.6 Å². The molecule has 0 spiro atoms. The fourth-order valence-corrected chi connectivity index (χ4v) is 2.25. The number of aryl methyl sites for hydroxylation is 1. The highest BCUT2D eigenvalue weighted by molar-refractivity contribution is 5.58. The molecule has 21 heavy (non-hydrogen) atoms. The number of hydrogen-bond donors (Lipinski definition) is 1. The quantitative estimate of drug-likeness (QED) is 0.797. The van der Waals surface area contributed by atoms with Crippen LogP contribution < -0.4 is 5.32 Å². The molecule has 0 saturated heterocycles. The predicted molar refractivity (Wildman–Crippen MR) is 82.4 cm³/mol. The van der Waals surface area contributed by atoms with Crippen LogP contribution in [0.2, 0.25) is 0 Å². The van der Waals surface area contributed by atoms with Gasteiger partial charge in [0.05, 0.1) is 11.7 Å². The second-order valence-corrected chi connectivity index (χ2v) is 4.87. The summed E-state index contributed by atoms with van der Waals surface area (Å²) in [5.41, 5.74) is 2.10. The van der Waals surface area contributed by atoms with Gasteiger partial charge in [0.2, 0.25) is 0 Å². The second kappa shape index (κ2) is 5.75. The Balaban J connectivity index is 1.92. The van der Waals surface area contributed by atoms with Crippen LogP contribution in [0.1, 0.15) is 24.4 Å². The van der Waals surface area contributed by atoms with Crippen LogP contribution in [0.4, 0.5) is 5.69 Å². The first-order chi connectivity index (χ1) is 10.3. The summed E-state index contributed by atoms with van der Waals surface area (Å²) in [4.78, 5) is 12.9. The van der Waals surface area contributed by atoms with E-state index >= 15 is 0 Å². The summed E-state index contributed by atoms with van der Waals surface area (Å²) in [6.07, 6.45) is 9.13. The van der Waals surface area contributed by atoms with Crippen molar-refractivity contribution in [1.82, 2.24) is 19.5 Å². The highest BCUT2D eigenvalue weighted by Gasteiger charge is 2.11. The second-order valence-electron chi connectivity index (χ2n) is 4.87. The zero-order valence-corrected chi connectivity index (χ0v) is 12.1. The van der Waals surface area contributed by atoms with E-state index in [9.17, 15) is 0 Å². The smallest absolute Gasteiger partial charge is 0.161 e. The van der Waals surface area contributed by atoms with Gasteiger partial charge in [-0.3, -0.25) is 9.55 Å². The lowest BCUT2D eigenvalue weighted by molar-refractivity contribution is 0.860. The summed E-state index contributed by atoms with van der Waals surface area (Å²) in [7, 11) is 0. The molecule has 0 saturated carbocycles. The molecule has 5 heteroatoms. The summed E-state index contributed by atoms with van der Waals surface area (Å²) in [5, 5.41) is 3.49. The Hall–Kier alpha value is -2.69. The van der Waals surface area contributed by atoms with Gasteiger partial charge in [-0.25, -0.2) is 9.97 Å². The van der Waals surface area contributed by atoms with Gasteiger partial charge < -0.3 is 5.32 Å². The van der Waals surface area contributed by atoms with E-state index in [0.29, 0.717) is 0 Å². The molecule has 0 radical (unpaired) electrons. The van der Waals surface area contributed by atoms with Crippen molar-refractivity contribution in [3.63, 3.8) is 0 Å². The molecule has 0 aliphatic carbocycles. The Labute approximate surface area is 123 Å². The monoisotopic (exact) mass is 279 g/mol. The first-order valence-electron chi connectivity index (χ1n) is 6.87. The SMILES string of the molecule is Cc1nccn1-c1ncccc1NC(C)c1cccnc1. The van der Waals surface area contributed by atoms with Crippen molar-refractivity contribution in [2.75, 3.05) is 5.32 Å². The van der Waals surface area contributed by atoms with Gasteiger partial charge in [0, 0.05) is 31.0 Å². The third-order valence-corrected chi connectivity index (χ3v) is 3.40. The third-order valence-electron chi connectivity index (χ3n) is 3.40. The molecule has 5 nitrogen and oxygen atoms in total. The molecular formula is C16H17N5. The van der Waals surface area contributed by atoms with Crippen molar-refractivity contribution in [3.05, 3.63) is 66.6 Å². The van der Waals surface area contributed by atoms with E-state index in [0.717, 1.165) is 22.9 Å². The number of anilines is 1. The maximum Gasteiger partial charge on any atom is 0.161 e. The predicted octanol–water partition coefficient (Wildman–Crippen LogP) is 3.14. The topological polar surface area (TPSA) is 55.6 Å². The summed E-state index contributed by atoms with van der Waals surface area (Å²) in [6.45, 7) is 4.07. The molecule has 0 aliphatic heterocycles. The summed E-state index contributed by atoms with van der Waals surface area (Å²) in [5.74, 6) is 1.76. The molecule has 106 valence electrons. The Morgan fingerprint density at radius 3 is 2.67 bits per heavy atom. The minimum atomic E-state index is 0.144. The lowest BCUT2D eigenvalue weighted by atomic mass is 10.1. The lowest BCUT2D eigenvalue weighted by Crippen LogP contribution is -2.11. The number of nitrogens with one attached hydrogen (secondary N) is 1. The Bertz CT molecular complexity index is 720. The largest absolute Gasteiger partial charge is 0.375 e. The van der Waals surface area contributed by atoms with E-state index in [-0.39, 0.29) is 6.04 Å². The van der Waals surface area contributed by atoms with Gasteiger partial charge in [-0.2, -0.15) is 0 Å². The summed E-state index contributed by atoms with van der Waals surface area (Å²) >= 11 is 0. The minimum absolute atomic E-state index is 0.144. The van der Waals surface area contributed by atoms with Gasteiger partial charge in [0.1, 0.15) is 5.82 Å². The van der Waals surface area contributed by atoms with Crippen LogP contribution in [-0.4, -0.2) is 19.5 Å². The molecule has 1 atom stereocenters. The summed E-state index contributed by atoms with van der Waals surface area (Å²) in [6, 6.07) is 8.09. The van der Waals surface area contributed by atoms with Crippen molar-refractivity contribution >= 4 is 5.69 Å². The fraction of sp³-hybridized carbons (Fsp3) is 0.188. The van der Waals surface area contributed by atoms with Gasteiger partial charge >= 0.3 is 0 Å². The van der Waals surface area contributed by atoms with Crippen LogP contribution in [0, 0.1) is 6.92 Å². The van der Waals surface area contributed by atoms with Crippen LogP contribution in [0.25, 0.3) is 5.82 Å². The number of pyridine rings is 2. The molecule has 0 fully saturated rings. The Morgan fingerprint density at radius 2 is 1.95 bits per heavy atom. The molecule has 1 N–H and O–H groups in total. The number of rotatable bonds is 4. The molecule has 3 aromatic rings. The van der Waals surface area contributed by atoms with Crippen molar-refractivity contribution in [2.45, 2.75) is 19.9 Å². The Kier molecular flexibility index (Phi) is 3.64. The zero-order chi connectivity index (χ0) is 14.7. The zero-order valence-electron chi connectivity index (χ0n) is 12.1. The van der Waals surface area contributed by atoms with Gasteiger partial charge in [-0.1, -0.05) is 6.07 Å². The maximum atomic E-state index is 4.47. The van der Waals surface area contributed by atoms with Crippen LogP contribution in [0.15, 0.2) is 55.2 Å². The Morgan fingerprint density at radius 1 is 1.10 bits per heavy atom. The average molecular weight is 279 g/mol. The van der Waals surface area contributed by atoms with Crippen molar-refractivity contribution in [1.29, 1.82) is 0 Å². The highest BCUT2D eigenvalue weighted by Crippen LogP contribution is 2.23. The standard InChI is InChI=1S/C16H17N5/c1-12(14-5-3-7-17-11-14)20-15-6-4-8-19-16(15)21-10-9-18-13(21)2/h3-12,20H,1-2H3. The maximum absolute atomic E-state index is 4.47. The van der Waals surface area contributed by atoms with E-state index in [1.807, 2.05) is 42.1 Å².